The molecule has 0 aliphatic rings. The summed E-state index contributed by atoms with van der Waals surface area (Å²) in [6, 6.07) is 12.2. The molecular weight excluding hydrogens is 332 g/mol. The molecule has 0 atom stereocenters. The SMILES string of the molecule is CC(C)Oc1ccc(NS(=O)(=O)Cc2ccccc2[N+](=O)[O-])cc1. The van der Waals surface area contributed by atoms with E-state index in [2.05, 4.69) is 4.72 Å². The Balaban J connectivity index is 2.13. The van der Waals surface area contributed by atoms with Crippen molar-refractivity contribution in [3.8, 4) is 5.75 Å². The van der Waals surface area contributed by atoms with Crippen molar-refractivity contribution in [3.63, 3.8) is 0 Å². The van der Waals surface area contributed by atoms with Crippen LogP contribution in [0.1, 0.15) is 19.4 Å². The Morgan fingerprint density at radius 3 is 2.33 bits per heavy atom. The number of rotatable bonds is 7. The summed E-state index contributed by atoms with van der Waals surface area (Å²) in [7, 11) is -3.77. The first-order chi connectivity index (χ1) is 11.3. The lowest BCUT2D eigenvalue weighted by Gasteiger charge is -2.11. The van der Waals surface area contributed by atoms with Gasteiger partial charge in [-0.05, 0) is 38.1 Å². The van der Waals surface area contributed by atoms with Gasteiger partial charge in [-0.25, -0.2) is 8.42 Å². The quantitative estimate of drug-likeness (QED) is 0.610. The van der Waals surface area contributed by atoms with E-state index in [1.165, 1.54) is 18.2 Å². The number of benzene rings is 2. The van der Waals surface area contributed by atoms with Crippen molar-refractivity contribution in [3.05, 3.63) is 64.2 Å². The zero-order valence-electron chi connectivity index (χ0n) is 13.3. The molecule has 8 heteroatoms. The largest absolute Gasteiger partial charge is 0.491 e. The van der Waals surface area contributed by atoms with Gasteiger partial charge in [-0.2, -0.15) is 0 Å². The molecule has 0 saturated carbocycles. The van der Waals surface area contributed by atoms with E-state index in [1.807, 2.05) is 13.8 Å². The Labute approximate surface area is 140 Å². The van der Waals surface area contributed by atoms with Crippen molar-refractivity contribution < 1.29 is 18.1 Å². The second kappa shape index (κ2) is 7.31. The van der Waals surface area contributed by atoms with Gasteiger partial charge in [0.1, 0.15) is 11.5 Å². The summed E-state index contributed by atoms with van der Waals surface area (Å²) >= 11 is 0. The van der Waals surface area contributed by atoms with Gasteiger partial charge in [0, 0.05) is 17.3 Å². The number of nitrogens with one attached hydrogen (secondary N) is 1. The first-order valence-corrected chi connectivity index (χ1v) is 8.91. The standard InChI is InChI=1S/C16H18N2O5S/c1-12(2)23-15-9-7-14(8-10-15)17-24(21,22)11-13-5-3-4-6-16(13)18(19)20/h3-10,12,17H,11H2,1-2H3. The van der Waals surface area contributed by atoms with Crippen LogP contribution in [0.3, 0.4) is 0 Å². The van der Waals surface area contributed by atoms with E-state index in [0.717, 1.165) is 0 Å². The Morgan fingerprint density at radius 1 is 1.12 bits per heavy atom. The molecule has 0 aromatic heterocycles. The Bertz CT molecular complexity index is 817. The highest BCUT2D eigenvalue weighted by Gasteiger charge is 2.19. The molecule has 0 unspecified atom stereocenters. The van der Waals surface area contributed by atoms with E-state index < -0.39 is 20.7 Å². The number of nitro benzene ring substituents is 1. The molecule has 2 rings (SSSR count). The molecule has 1 N–H and O–H groups in total. The van der Waals surface area contributed by atoms with Crippen molar-refractivity contribution in [1.29, 1.82) is 0 Å². The van der Waals surface area contributed by atoms with Crippen molar-refractivity contribution in [2.24, 2.45) is 0 Å². The zero-order valence-corrected chi connectivity index (χ0v) is 14.1. The molecule has 2 aromatic carbocycles. The fourth-order valence-electron chi connectivity index (χ4n) is 2.11. The molecule has 0 saturated heterocycles. The molecular formula is C16H18N2O5S. The highest BCUT2D eigenvalue weighted by atomic mass is 32.2. The van der Waals surface area contributed by atoms with Gasteiger partial charge in [-0.3, -0.25) is 14.8 Å². The second-order valence-corrected chi connectivity index (χ2v) is 7.16. The molecule has 0 aliphatic carbocycles. The van der Waals surface area contributed by atoms with Crippen LogP contribution in [0.2, 0.25) is 0 Å². The molecule has 0 spiro atoms. The van der Waals surface area contributed by atoms with E-state index in [-0.39, 0.29) is 17.4 Å². The van der Waals surface area contributed by atoms with Gasteiger partial charge < -0.3 is 4.74 Å². The van der Waals surface area contributed by atoms with Gasteiger partial charge in [0.05, 0.1) is 11.0 Å². The van der Waals surface area contributed by atoms with Gasteiger partial charge in [-0.1, -0.05) is 18.2 Å². The van der Waals surface area contributed by atoms with Gasteiger partial charge in [0.15, 0.2) is 0 Å². The van der Waals surface area contributed by atoms with Crippen LogP contribution in [-0.4, -0.2) is 19.4 Å². The summed E-state index contributed by atoms with van der Waals surface area (Å²) in [5, 5.41) is 11.0. The average molecular weight is 350 g/mol. The van der Waals surface area contributed by atoms with E-state index >= 15 is 0 Å². The number of para-hydroxylation sites is 1. The van der Waals surface area contributed by atoms with Gasteiger partial charge in [0.25, 0.3) is 5.69 Å². The molecule has 7 nitrogen and oxygen atoms in total. The molecule has 0 fully saturated rings. The molecule has 24 heavy (non-hydrogen) atoms. The molecule has 0 aliphatic heterocycles. The van der Waals surface area contributed by atoms with Gasteiger partial charge >= 0.3 is 0 Å². The summed E-state index contributed by atoms with van der Waals surface area (Å²) in [5.74, 6) is 0.153. The predicted molar refractivity (Wildman–Crippen MR) is 91.5 cm³/mol. The lowest BCUT2D eigenvalue weighted by Crippen LogP contribution is -2.16. The number of hydrogen-bond acceptors (Lipinski definition) is 5. The monoisotopic (exact) mass is 350 g/mol. The smallest absolute Gasteiger partial charge is 0.273 e. The molecule has 0 bridgehead atoms. The molecule has 128 valence electrons. The summed E-state index contributed by atoms with van der Waals surface area (Å²) < 4.78 is 32.4. The molecule has 2 aromatic rings. The van der Waals surface area contributed by atoms with E-state index in [0.29, 0.717) is 11.4 Å². The van der Waals surface area contributed by atoms with Crippen molar-refractivity contribution in [2.75, 3.05) is 4.72 Å². The number of ether oxygens (including phenoxy) is 1. The third-order valence-electron chi connectivity index (χ3n) is 3.03. The molecule has 0 radical (unpaired) electrons. The third-order valence-corrected chi connectivity index (χ3v) is 4.27. The minimum Gasteiger partial charge on any atom is -0.491 e. The number of anilines is 1. The summed E-state index contributed by atoms with van der Waals surface area (Å²) in [6.07, 6.45) is 0.0196. The van der Waals surface area contributed by atoms with Crippen LogP contribution in [0, 0.1) is 10.1 Å². The first-order valence-electron chi connectivity index (χ1n) is 7.26. The fraction of sp³-hybridized carbons (Fsp3) is 0.250. The van der Waals surface area contributed by atoms with Crippen LogP contribution in [0.15, 0.2) is 48.5 Å². The lowest BCUT2D eigenvalue weighted by atomic mass is 10.2. The third kappa shape index (κ3) is 4.95. The number of hydrogen-bond donors (Lipinski definition) is 1. The van der Waals surface area contributed by atoms with E-state index in [1.54, 1.807) is 30.3 Å². The lowest BCUT2D eigenvalue weighted by molar-refractivity contribution is -0.385. The normalized spacial score (nSPS) is 11.3. The summed E-state index contributed by atoms with van der Waals surface area (Å²) in [5.41, 5.74) is 0.281. The number of nitrogens with zero attached hydrogens (tertiary/aromatic N) is 1. The minimum absolute atomic E-state index is 0.0196. The number of sulfonamides is 1. The first kappa shape index (κ1) is 17.7. The fourth-order valence-corrected chi connectivity index (χ4v) is 3.33. The maximum atomic E-state index is 12.2. The van der Waals surface area contributed by atoms with Gasteiger partial charge in [0.2, 0.25) is 10.0 Å². The zero-order chi connectivity index (χ0) is 17.7. The van der Waals surface area contributed by atoms with Crippen LogP contribution in [-0.2, 0) is 15.8 Å². The summed E-state index contributed by atoms with van der Waals surface area (Å²) in [4.78, 5) is 10.4. The van der Waals surface area contributed by atoms with Gasteiger partial charge in [-0.15, -0.1) is 0 Å². The topological polar surface area (TPSA) is 98.5 Å². The highest BCUT2D eigenvalue weighted by molar-refractivity contribution is 7.91. The van der Waals surface area contributed by atoms with E-state index in [4.69, 9.17) is 4.74 Å². The van der Waals surface area contributed by atoms with Crippen LogP contribution in [0.25, 0.3) is 0 Å². The second-order valence-electron chi connectivity index (χ2n) is 5.44. The maximum absolute atomic E-state index is 12.2. The van der Waals surface area contributed by atoms with Crippen molar-refractivity contribution >= 4 is 21.4 Å². The average Bonchev–Trinajstić information content (AvgIpc) is 2.48. The Kier molecular flexibility index (Phi) is 5.40. The molecule has 0 heterocycles. The van der Waals surface area contributed by atoms with Crippen LogP contribution in [0.5, 0.6) is 5.75 Å². The predicted octanol–water partition coefficient (Wildman–Crippen LogP) is 3.32. The Morgan fingerprint density at radius 2 is 1.75 bits per heavy atom. The maximum Gasteiger partial charge on any atom is 0.273 e. The summed E-state index contributed by atoms with van der Waals surface area (Å²) in [6.45, 7) is 3.78. The van der Waals surface area contributed by atoms with Crippen LogP contribution in [0.4, 0.5) is 11.4 Å². The van der Waals surface area contributed by atoms with Crippen molar-refractivity contribution in [1.82, 2.24) is 0 Å². The highest BCUT2D eigenvalue weighted by Crippen LogP contribution is 2.22. The minimum atomic E-state index is -3.77. The Hall–Kier alpha value is -2.61. The molecule has 0 amide bonds. The van der Waals surface area contributed by atoms with E-state index in [9.17, 15) is 18.5 Å². The van der Waals surface area contributed by atoms with Crippen LogP contribution < -0.4 is 9.46 Å². The van der Waals surface area contributed by atoms with Crippen LogP contribution >= 0.6 is 0 Å². The van der Waals surface area contributed by atoms with Crippen molar-refractivity contribution in [2.45, 2.75) is 25.7 Å². The number of nitro groups is 1.